The molecule has 8 heteroatoms. The van der Waals surface area contributed by atoms with Crippen LogP contribution in [0.3, 0.4) is 0 Å². The minimum absolute atomic E-state index is 0.0431. The second-order valence-corrected chi connectivity index (χ2v) is 4.55. The van der Waals surface area contributed by atoms with Crippen LogP contribution in [-0.4, -0.2) is 23.4 Å². The maximum Gasteiger partial charge on any atom is 0.306 e. The fourth-order valence-corrected chi connectivity index (χ4v) is 1.73. The van der Waals surface area contributed by atoms with Gasteiger partial charge >= 0.3 is 5.97 Å². The molecule has 0 aliphatic heterocycles. The highest BCUT2D eigenvalue weighted by molar-refractivity contribution is 5.78. The average molecular weight is 304 g/mol. The van der Waals surface area contributed by atoms with Gasteiger partial charge in [-0.15, -0.1) is 4.91 Å². The average Bonchev–Trinajstić information content (AvgIpc) is 2.54. The SMILES string of the molecule is N#CN(CC(CCC(=O)OCc1ccccc1)C(N)=O)N=O. The van der Waals surface area contributed by atoms with Gasteiger partial charge in [-0.25, -0.2) is 0 Å². The molecule has 0 heterocycles. The lowest BCUT2D eigenvalue weighted by molar-refractivity contribution is -0.145. The lowest BCUT2D eigenvalue weighted by Crippen LogP contribution is -2.32. The van der Waals surface area contributed by atoms with E-state index in [1.54, 1.807) is 0 Å². The molecule has 8 nitrogen and oxygen atoms in total. The number of primary amides is 1. The second-order valence-electron chi connectivity index (χ2n) is 4.55. The standard InChI is InChI=1S/C14H16N4O4/c15-10-18(17-21)8-12(14(16)20)6-7-13(19)22-9-11-4-2-1-3-5-11/h1-5,12H,6-9H2,(H2,16,20). The molecule has 22 heavy (non-hydrogen) atoms. The second kappa shape index (κ2) is 9.07. The van der Waals surface area contributed by atoms with Crippen molar-refractivity contribution < 1.29 is 14.3 Å². The van der Waals surface area contributed by atoms with Gasteiger partial charge in [0.2, 0.25) is 12.1 Å². The van der Waals surface area contributed by atoms with Gasteiger partial charge in [-0.1, -0.05) is 30.3 Å². The largest absolute Gasteiger partial charge is 0.461 e. The summed E-state index contributed by atoms with van der Waals surface area (Å²) in [5, 5.41) is 11.5. The molecular weight excluding hydrogens is 288 g/mol. The smallest absolute Gasteiger partial charge is 0.306 e. The van der Waals surface area contributed by atoms with Gasteiger partial charge in [0, 0.05) is 6.42 Å². The topological polar surface area (TPSA) is 126 Å². The zero-order valence-corrected chi connectivity index (χ0v) is 11.8. The van der Waals surface area contributed by atoms with Crippen LogP contribution in [0.5, 0.6) is 0 Å². The Kier molecular flexibility index (Phi) is 7.05. The van der Waals surface area contributed by atoms with E-state index in [-0.39, 0.29) is 26.0 Å². The van der Waals surface area contributed by atoms with Crippen molar-refractivity contribution in [3.8, 4) is 6.19 Å². The van der Waals surface area contributed by atoms with Crippen molar-refractivity contribution in [2.45, 2.75) is 19.4 Å². The van der Waals surface area contributed by atoms with E-state index in [1.165, 1.54) is 6.19 Å². The molecule has 1 rings (SSSR count). The third kappa shape index (κ3) is 6.00. The number of nitroso groups, excluding NO2 is 1. The number of nitrogens with zero attached hydrogens (tertiary/aromatic N) is 3. The van der Waals surface area contributed by atoms with Crippen LogP contribution in [0.15, 0.2) is 35.6 Å². The summed E-state index contributed by atoms with van der Waals surface area (Å²) in [4.78, 5) is 33.2. The van der Waals surface area contributed by atoms with Crippen LogP contribution in [0.1, 0.15) is 18.4 Å². The van der Waals surface area contributed by atoms with Crippen LogP contribution in [0.2, 0.25) is 0 Å². The third-order valence-electron chi connectivity index (χ3n) is 2.95. The number of hydrogen-bond acceptors (Lipinski definition) is 6. The zero-order chi connectivity index (χ0) is 16.4. The van der Waals surface area contributed by atoms with Crippen molar-refractivity contribution in [1.29, 1.82) is 5.26 Å². The van der Waals surface area contributed by atoms with Crippen molar-refractivity contribution in [3.63, 3.8) is 0 Å². The lowest BCUT2D eigenvalue weighted by atomic mass is 10.0. The molecule has 0 aromatic heterocycles. The summed E-state index contributed by atoms with van der Waals surface area (Å²) in [6.45, 7) is -0.109. The maximum atomic E-state index is 11.6. The van der Waals surface area contributed by atoms with E-state index in [0.717, 1.165) is 5.56 Å². The molecule has 0 saturated carbocycles. The van der Waals surface area contributed by atoms with E-state index in [4.69, 9.17) is 15.7 Å². The Bertz CT molecular complexity index is 556. The first-order valence-corrected chi connectivity index (χ1v) is 6.56. The van der Waals surface area contributed by atoms with Gasteiger partial charge in [0.05, 0.1) is 17.7 Å². The van der Waals surface area contributed by atoms with Gasteiger partial charge in [0.25, 0.3) is 0 Å². The molecule has 0 radical (unpaired) electrons. The molecule has 1 aromatic rings. The minimum Gasteiger partial charge on any atom is -0.461 e. The number of nitriles is 1. The summed E-state index contributed by atoms with van der Waals surface area (Å²) >= 11 is 0. The first kappa shape index (κ1) is 17.1. The van der Waals surface area contributed by atoms with Crippen molar-refractivity contribution in [2.24, 2.45) is 16.9 Å². The van der Waals surface area contributed by atoms with Gasteiger partial charge < -0.3 is 10.5 Å². The Hall–Kier alpha value is -2.95. The first-order chi connectivity index (χ1) is 10.6. The number of nitrogens with two attached hydrogens (primary N) is 1. The summed E-state index contributed by atoms with van der Waals surface area (Å²) in [7, 11) is 0. The molecule has 0 aliphatic carbocycles. The summed E-state index contributed by atoms with van der Waals surface area (Å²) in [5.41, 5.74) is 6.02. The molecule has 1 unspecified atom stereocenters. The number of rotatable bonds is 9. The zero-order valence-electron chi connectivity index (χ0n) is 11.8. The summed E-state index contributed by atoms with van der Waals surface area (Å²) < 4.78 is 5.06. The number of carbonyl (C=O) groups is 2. The van der Waals surface area contributed by atoms with E-state index in [9.17, 15) is 14.5 Å². The van der Waals surface area contributed by atoms with Crippen LogP contribution < -0.4 is 5.73 Å². The Morgan fingerprint density at radius 1 is 1.36 bits per heavy atom. The number of hydrogen-bond donors (Lipinski definition) is 1. The first-order valence-electron chi connectivity index (χ1n) is 6.56. The number of esters is 1. The molecule has 0 saturated heterocycles. The predicted octanol–water partition coefficient (Wildman–Crippen LogP) is 1.08. The van der Waals surface area contributed by atoms with Crippen LogP contribution in [0, 0.1) is 22.3 Å². The van der Waals surface area contributed by atoms with Crippen LogP contribution in [0.25, 0.3) is 0 Å². The van der Waals surface area contributed by atoms with Crippen LogP contribution in [-0.2, 0) is 20.9 Å². The molecule has 0 spiro atoms. The number of amides is 1. The number of ether oxygens (including phenoxy) is 1. The van der Waals surface area contributed by atoms with Crippen molar-refractivity contribution in [1.82, 2.24) is 5.01 Å². The fraction of sp³-hybridized carbons (Fsp3) is 0.357. The quantitative estimate of drug-likeness (QED) is 0.239. The van der Waals surface area contributed by atoms with Crippen molar-refractivity contribution >= 4 is 11.9 Å². The highest BCUT2D eigenvalue weighted by atomic mass is 16.5. The molecular formula is C14H16N4O4. The van der Waals surface area contributed by atoms with E-state index >= 15 is 0 Å². The maximum absolute atomic E-state index is 11.6. The van der Waals surface area contributed by atoms with E-state index in [2.05, 4.69) is 5.29 Å². The highest BCUT2D eigenvalue weighted by Crippen LogP contribution is 2.10. The summed E-state index contributed by atoms with van der Waals surface area (Å²) in [5.74, 6) is -2.03. The normalized spacial score (nSPS) is 11.0. The van der Waals surface area contributed by atoms with Gasteiger partial charge in [0.1, 0.15) is 6.61 Å². The molecule has 116 valence electrons. The Morgan fingerprint density at radius 3 is 2.59 bits per heavy atom. The van der Waals surface area contributed by atoms with Crippen LogP contribution >= 0.6 is 0 Å². The Balaban J connectivity index is 2.41. The van der Waals surface area contributed by atoms with Crippen LogP contribution in [0.4, 0.5) is 0 Å². The number of carbonyl (C=O) groups excluding carboxylic acids is 2. The molecule has 2 N–H and O–H groups in total. The summed E-state index contributed by atoms with van der Waals surface area (Å²) in [6.07, 6.45) is 1.54. The molecule has 0 fully saturated rings. The molecule has 0 aliphatic rings. The van der Waals surface area contributed by atoms with Gasteiger partial charge in [-0.05, 0) is 12.0 Å². The molecule has 1 aromatic carbocycles. The molecule has 1 atom stereocenters. The molecule has 1 amide bonds. The Morgan fingerprint density at radius 2 is 2.05 bits per heavy atom. The summed E-state index contributed by atoms with van der Waals surface area (Å²) in [6, 6.07) is 9.15. The Labute approximate surface area is 127 Å². The molecule has 0 bridgehead atoms. The van der Waals surface area contributed by atoms with Crippen molar-refractivity contribution in [2.75, 3.05) is 6.54 Å². The van der Waals surface area contributed by atoms with Gasteiger partial charge in [-0.3, -0.25) is 9.59 Å². The fourth-order valence-electron chi connectivity index (χ4n) is 1.73. The minimum atomic E-state index is -0.832. The lowest BCUT2D eigenvalue weighted by Gasteiger charge is -2.14. The van der Waals surface area contributed by atoms with E-state index < -0.39 is 17.8 Å². The third-order valence-corrected chi connectivity index (χ3v) is 2.95. The van der Waals surface area contributed by atoms with Crippen molar-refractivity contribution in [3.05, 3.63) is 40.8 Å². The predicted molar refractivity (Wildman–Crippen MR) is 76.3 cm³/mol. The van der Waals surface area contributed by atoms with E-state index in [0.29, 0.717) is 5.01 Å². The van der Waals surface area contributed by atoms with Gasteiger partial charge in [0.15, 0.2) is 0 Å². The highest BCUT2D eigenvalue weighted by Gasteiger charge is 2.21. The monoisotopic (exact) mass is 304 g/mol. The number of benzene rings is 1. The van der Waals surface area contributed by atoms with E-state index in [1.807, 2.05) is 30.3 Å². The van der Waals surface area contributed by atoms with Gasteiger partial charge in [-0.2, -0.15) is 10.3 Å².